The molecule has 0 radical (unpaired) electrons. The minimum atomic E-state index is -0.605. The molecule has 0 bridgehead atoms. The molecule has 22 heavy (non-hydrogen) atoms. The molecule has 2 unspecified atom stereocenters. The maximum atomic E-state index is 13.7. The fourth-order valence-electron chi connectivity index (χ4n) is 2.08. The van der Waals surface area contributed by atoms with E-state index in [0.717, 1.165) is 6.20 Å². The Morgan fingerprint density at radius 3 is 2.95 bits per heavy atom. The lowest BCUT2D eigenvalue weighted by Gasteiger charge is -2.24. The van der Waals surface area contributed by atoms with E-state index >= 15 is 0 Å². The van der Waals surface area contributed by atoms with Gasteiger partial charge in [0.05, 0.1) is 12.3 Å². The van der Waals surface area contributed by atoms with E-state index in [1.807, 2.05) is 32.2 Å². The lowest BCUT2D eigenvalue weighted by atomic mass is 9.91. The second-order valence-electron chi connectivity index (χ2n) is 5.23. The minimum Gasteiger partial charge on any atom is -0.377 e. The van der Waals surface area contributed by atoms with Crippen LogP contribution in [0.5, 0.6) is 0 Å². The molecule has 0 saturated heterocycles. The number of hydrogen-bond acceptors (Lipinski definition) is 5. The van der Waals surface area contributed by atoms with Crippen LogP contribution in [0.4, 0.5) is 10.2 Å². The molecule has 1 aromatic rings. The molecule has 0 aliphatic heterocycles. The standard InChI is InChI=1S/C15H18ClFN4O/c1-9(2)18-7-10-6-11(4-5-13(10)22-3)20-14-12(17)8-19-15(16)21-14/h4-5,7-10,13H,6H2,1-3H3. The normalized spacial score (nSPS) is 23.8. The molecule has 5 nitrogen and oxygen atoms in total. The highest BCUT2D eigenvalue weighted by Crippen LogP contribution is 2.22. The van der Waals surface area contributed by atoms with Gasteiger partial charge < -0.3 is 4.74 Å². The zero-order chi connectivity index (χ0) is 16.1. The third-order valence-corrected chi connectivity index (χ3v) is 3.32. The molecule has 7 heteroatoms. The summed E-state index contributed by atoms with van der Waals surface area (Å²) in [5.74, 6) is -0.613. The first-order valence-corrected chi connectivity index (χ1v) is 7.37. The largest absolute Gasteiger partial charge is 0.377 e. The van der Waals surface area contributed by atoms with Crippen LogP contribution in [-0.2, 0) is 4.74 Å². The van der Waals surface area contributed by atoms with Gasteiger partial charge in [0.25, 0.3) is 0 Å². The predicted molar refractivity (Wildman–Crippen MR) is 85.8 cm³/mol. The number of nitrogens with zero attached hydrogens (tertiary/aromatic N) is 4. The second-order valence-corrected chi connectivity index (χ2v) is 5.57. The van der Waals surface area contributed by atoms with Crippen molar-refractivity contribution in [3.63, 3.8) is 0 Å². The number of hydrogen-bond donors (Lipinski definition) is 0. The molecule has 1 aliphatic carbocycles. The Kier molecular flexibility index (Phi) is 5.74. The summed E-state index contributed by atoms with van der Waals surface area (Å²) in [5.41, 5.74) is 0.696. The molecule has 118 valence electrons. The first-order chi connectivity index (χ1) is 10.5. The summed E-state index contributed by atoms with van der Waals surface area (Å²) in [4.78, 5) is 16.0. The first kappa shape index (κ1) is 16.7. The smallest absolute Gasteiger partial charge is 0.224 e. The van der Waals surface area contributed by atoms with Gasteiger partial charge in [-0.2, -0.15) is 4.98 Å². The molecule has 0 fully saturated rings. The van der Waals surface area contributed by atoms with Gasteiger partial charge in [0, 0.05) is 37.4 Å². The van der Waals surface area contributed by atoms with Crippen LogP contribution in [0.3, 0.4) is 0 Å². The molecule has 1 aliphatic rings. The van der Waals surface area contributed by atoms with Gasteiger partial charge in [0.15, 0.2) is 11.6 Å². The van der Waals surface area contributed by atoms with Crippen molar-refractivity contribution in [2.45, 2.75) is 32.4 Å². The van der Waals surface area contributed by atoms with Gasteiger partial charge in [0.2, 0.25) is 5.28 Å². The molecule has 1 aromatic heterocycles. The van der Waals surface area contributed by atoms with Crippen molar-refractivity contribution in [2.75, 3.05) is 7.11 Å². The number of halogens is 2. The zero-order valence-corrected chi connectivity index (χ0v) is 13.5. The van der Waals surface area contributed by atoms with E-state index in [1.54, 1.807) is 7.11 Å². The van der Waals surface area contributed by atoms with Gasteiger partial charge in [-0.15, -0.1) is 0 Å². The van der Waals surface area contributed by atoms with E-state index in [0.29, 0.717) is 12.1 Å². The van der Waals surface area contributed by atoms with Gasteiger partial charge in [-0.3, -0.25) is 4.99 Å². The maximum Gasteiger partial charge on any atom is 0.224 e. The predicted octanol–water partition coefficient (Wildman–Crippen LogP) is 3.41. The Labute approximate surface area is 134 Å². The molecule has 0 saturated carbocycles. The van der Waals surface area contributed by atoms with E-state index in [9.17, 15) is 4.39 Å². The molecule has 2 rings (SSSR count). The summed E-state index contributed by atoms with van der Waals surface area (Å²) in [5, 5.41) is -0.0340. The third kappa shape index (κ3) is 4.42. The van der Waals surface area contributed by atoms with Crippen LogP contribution < -0.4 is 0 Å². The number of ether oxygens (including phenoxy) is 1. The third-order valence-electron chi connectivity index (χ3n) is 3.14. The average Bonchev–Trinajstić information content (AvgIpc) is 2.49. The Bertz CT molecular complexity index is 616. The highest BCUT2D eigenvalue weighted by atomic mass is 35.5. The van der Waals surface area contributed by atoms with Crippen molar-refractivity contribution in [1.29, 1.82) is 0 Å². The van der Waals surface area contributed by atoms with Gasteiger partial charge in [-0.25, -0.2) is 14.4 Å². The number of aliphatic imine (C=N–C) groups is 2. The van der Waals surface area contributed by atoms with E-state index in [1.165, 1.54) is 0 Å². The average molecular weight is 325 g/mol. The Hall–Kier alpha value is -1.66. The summed E-state index contributed by atoms with van der Waals surface area (Å²) in [6.07, 6.45) is 7.11. The number of allylic oxidation sites excluding steroid dienone is 1. The van der Waals surface area contributed by atoms with Crippen LogP contribution in [-0.4, -0.2) is 41.1 Å². The van der Waals surface area contributed by atoms with Crippen LogP contribution >= 0.6 is 11.6 Å². The zero-order valence-electron chi connectivity index (χ0n) is 12.7. The minimum absolute atomic E-state index is 0.0340. The van der Waals surface area contributed by atoms with E-state index in [2.05, 4.69) is 20.0 Å². The topological polar surface area (TPSA) is 59.7 Å². The van der Waals surface area contributed by atoms with Crippen molar-refractivity contribution in [1.82, 2.24) is 9.97 Å². The molecule has 2 atom stereocenters. The van der Waals surface area contributed by atoms with Crippen LogP contribution in [0.2, 0.25) is 5.28 Å². The quantitative estimate of drug-likeness (QED) is 0.630. The summed E-state index contributed by atoms with van der Waals surface area (Å²) in [6.45, 7) is 4.01. The van der Waals surface area contributed by atoms with Crippen molar-refractivity contribution in [2.24, 2.45) is 15.9 Å². The molecule has 0 amide bonds. The van der Waals surface area contributed by atoms with Crippen molar-refractivity contribution in [3.8, 4) is 0 Å². The van der Waals surface area contributed by atoms with E-state index in [-0.39, 0.29) is 29.2 Å². The highest BCUT2D eigenvalue weighted by molar-refractivity contribution is 6.28. The molecular formula is C15H18ClFN4O. The fraction of sp³-hybridized carbons (Fsp3) is 0.467. The van der Waals surface area contributed by atoms with E-state index in [4.69, 9.17) is 16.3 Å². The Morgan fingerprint density at radius 1 is 1.50 bits per heavy atom. The summed E-state index contributed by atoms with van der Waals surface area (Å²) in [6, 6.07) is 0.210. The first-order valence-electron chi connectivity index (χ1n) is 6.99. The number of aromatic nitrogens is 2. The lowest BCUT2D eigenvalue weighted by molar-refractivity contribution is 0.115. The van der Waals surface area contributed by atoms with Crippen molar-refractivity contribution >= 4 is 29.3 Å². The molecule has 0 spiro atoms. The molecule has 0 aromatic carbocycles. The SMILES string of the molecule is COC1C=CC(=Nc2nc(Cl)ncc2F)CC1C=NC(C)C. The van der Waals surface area contributed by atoms with Crippen molar-refractivity contribution < 1.29 is 9.13 Å². The van der Waals surface area contributed by atoms with Crippen molar-refractivity contribution in [3.05, 3.63) is 29.4 Å². The van der Waals surface area contributed by atoms with Gasteiger partial charge >= 0.3 is 0 Å². The van der Waals surface area contributed by atoms with Gasteiger partial charge in [-0.05, 0) is 31.5 Å². The molecule has 0 N–H and O–H groups in total. The summed E-state index contributed by atoms with van der Waals surface area (Å²) >= 11 is 5.68. The molecular weight excluding hydrogens is 307 g/mol. The van der Waals surface area contributed by atoms with Crippen LogP contribution in [0, 0.1) is 11.7 Å². The highest BCUT2D eigenvalue weighted by Gasteiger charge is 2.23. The summed E-state index contributed by atoms with van der Waals surface area (Å²) in [7, 11) is 1.65. The fourth-order valence-corrected chi connectivity index (χ4v) is 2.21. The number of methoxy groups -OCH3 is 1. The Morgan fingerprint density at radius 2 is 2.27 bits per heavy atom. The van der Waals surface area contributed by atoms with Gasteiger partial charge in [-0.1, -0.05) is 6.08 Å². The van der Waals surface area contributed by atoms with Gasteiger partial charge in [0.1, 0.15) is 0 Å². The monoisotopic (exact) mass is 324 g/mol. The van der Waals surface area contributed by atoms with Crippen LogP contribution in [0.15, 0.2) is 28.3 Å². The second kappa shape index (κ2) is 7.56. The molecule has 1 heterocycles. The van der Waals surface area contributed by atoms with Crippen LogP contribution in [0.25, 0.3) is 0 Å². The van der Waals surface area contributed by atoms with E-state index < -0.39 is 5.82 Å². The Balaban J connectivity index is 2.25. The maximum absolute atomic E-state index is 13.7. The summed E-state index contributed by atoms with van der Waals surface area (Å²) < 4.78 is 19.1. The van der Waals surface area contributed by atoms with Crippen LogP contribution in [0.1, 0.15) is 20.3 Å². The number of rotatable bonds is 4. The lowest BCUT2D eigenvalue weighted by Crippen LogP contribution is -2.28.